The highest BCUT2D eigenvalue weighted by atomic mass is 35.5. The van der Waals surface area contributed by atoms with Crippen LogP contribution in [-0.4, -0.2) is 6.04 Å². The van der Waals surface area contributed by atoms with Crippen LogP contribution in [-0.2, 0) is 6.42 Å². The van der Waals surface area contributed by atoms with Gasteiger partial charge in [0.2, 0.25) is 0 Å². The first-order chi connectivity index (χ1) is 8.60. The molecule has 0 amide bonds. The molecule has 0 bridgehead atoms. The Hall–Kier alpha value is -0.640. The fraction of sp³-hybridized carbons (Fsp3) is 0.571. The highest BCUT2D eigenvalue weighted by Crippen LogP contribution is 2.22. The molecule has 1 atom stereocenters. The van der Waals surface area contributed by atoms with Gasteiger partial charge >= 0.3 is 0 Å². The highest BCUT2D eigenvalue weighted by Gasteiger charge is 2.15. The van der Waals surface area contributed by atoms with Crippen molar-refractivity contribution in [2.45, 2.75) is 45.6 Å². The summed E-state index contributed by atoms with van der Waals surface area (Å²) in [5.41, 5.74) is 3.78. The summed E-state index contributed by atoms with van der Waals surface area (Å²) in [7, 11) is 0. The predicted octanol–water partition coefficient (Wildman–Crippen LogP) is 3.68. The molecule has 102 valence electrons. The molecule has 4 heteroatoms. The standard InChI is InChI=1S/C14H22ClFN2/c1-3-10(4-2)7-13(18-17)8-11-5-6-12(16)9-14(11)15/h5-6,9-10,13,18H,3-4,7-8,17H2,1-2H3. The second-order valence-electron chi connectivity index (χ2n) is 4.72. The Bertz CT molecular complexity index is 367. The third kappa shape index (κ3) is 4.56. The number of nitrogens with one attached hydrogen (secondary N) is 1. The topological polar surface area (TPSA) is 38.0 Å². The van der Waals surface area contributed by atoms with E-state index < -0.39 is 0 Å². The lowest BCUT2D eigenvalue weighted by Crippen LogP contribution is -2.38. The molecule has 1 aromatic carbocycles. The Balaban J connectivity index is 2.67. The van der Waals surface area contributed by atoms with E-state index in [4.69, 9.17) is 17.4 Å². The van der Waals surface area contributed by atoms with Gasteiger partial charge in [-0.1, -0.05) is 44.4 Å². The molecule has 1 rings (SSSR count). The Morgan fingerprint density at radius 3 is 2.50 bits per heavy atom. The van der Waals surface area contributed by atoms with E-state index in [1.54, 1.807) is 6.07 Å². The first-order valence-electron chi connectivity index (χ1n) is 6.50. The van der Waals surface area contributed by atoms with Crippen molar-refractivity contribution in [1.29, 1.82) is 0 Å². The maximum Gasteiger partial charge on any atom is 0.124 e. The molecular formula is C14H22ClFN2. The van der Waals surface area contributed by atoms with Crippen molar-refractivity contribution in [3.8, 4) is 0 Å². The lowest BCUT2D eigenvalue weighted by molar-refractivity contribution is 0.366. The Morgan fingerprint density at radius 1 is 1.33 bits per heavy atom. The van der Waals surface area contributed by atoms with Crippen LogP contribution >= 0.6 is 11.6 Å². The van der Waals surface area contributed by atoms with Crippen LogP contribution in [0, 0.1) is 11.7 Å². The van der Waals surface area contributed by atoms with Crippen molar-refractivity contribution < 1.29 is 4.39 Å². The van der Waals surface area contributed by atoms with Gasteiger partial charge in [0.25, 0.3) is 0 Å². The number of nitrogens with two attached hydrogens (primary N) is 1. The minimum absolute atomic E-state index is 0.179. The molecule has 0 aliphatic carbocycles. The van der Waals surface area contributed by atoms with Gasteiger partial charge < -0.3 is 0 Å². The molecule has 0 aliphatic heterocycles. The van der Waals surface area contributed by atoms with Crippen molar-refractivity contribution in [2.75, 3.05) is 0 Å². The Morgan fingerprint density at radius 2 is 2.00 bits per heavy atom. The first kappa shape index (κ1) is 15.4. The molecule has 1 unspecified atom stereocenters. The first-order valence-corrected chi connectivity index (χ1v) is 6.88. The van der Waals surface area contributed by atoms with E-state index in [1.807, 2.05) is 0 Å². The van der Waals surface area contributed by atoms with E-state index in [2.05, 4.69) is 19.3 Å². The summed E-state index contributed by atoms with van der Waals surface area (Å²) in [6, 6.07) is 4.69. The smallest absolute Gasteiger partial charge is 0.124 e. The van der Waals surface area contributed by atoms with E-state index in [9.17, 15) is 4.39 Å². The van der Waals surface area contributed by atoms with Crippen molar-refractivity contribution in [1.82, 2.24) is 5.43 Å². The van der Waals surface area contributed by atoms with Gasteiger partial charge in [0.05, 0.1) is 0 Å². The molecule has 0 saturated carbocycles. The molecule has 0 heterocycles. The van der Waals surface area contributed by atoms with Crippen LogP contribution in [0.2, 0.25) is 5.02 Å². The third-order valence-electron chi connectivity index (χ3n) is 3.49. The summed E-state index contributed by atoms with van der Waals surface area (Å²) < 4.78 is 13.0. The monoisotopic (exact) mass is 272 g/mol. The van der Waals surface area contributed by atoms with Gasteiger partial charge in [0, 0.05) is 11.1 Å². The summed E-state index contributed by atoms with van der Waals surface area (Å²) in [6.45, 7) is 4.37. The maximum absolute atomic E-state index is 13.0. The number of rotatable bonds is 7. The van der Waals surface area contributed by atoms with Crippen LogP contribution in [0.5, 0.6) is 0 Å². The summed E-state index contributed by atoms with van der Waals surface area (Å²) in [5.74, 6) is 5.94. The minimum Gasteiger partial charge on any atom is -0.271 e. The second-order valence-corrected chi connectivity index (χ2v) is 5.13. The van der Waals surface area contributed by atoms with Crippen molar-refractivity contribution in [3.63, 3.8) is 0 Å². The molecule has 0 saturated heterocycles. The number of benzene rings is 1. The van der Waals surface area contributed by atoms with Crippen LogP contribution < -0.4 is 11.3 Å². The van der Waals surface area contributed by atoms with Gasteiger partial charge in [-0.15, -0.1) is 0 Å². The molecule has 0 aliphatic rings. The number of hydrogen-bond donors (Lipinski definition) is 2. The molecule has 2 nitrogen and oxygen atoms in total. The van der Waals surface area contributed by atoms with Crippen LogP contribution in [0.4, 0.5) is 4.39 Å². The van der Waals surface area contributed by atoms with Gasteiger partial charge in [-0.05, 0) is 36.5 Å². The minimum atomic E-state index is -0.305. The van der Waals surface area contributed by atoms with Gasteiger partial charge in [0.15, 0.2) is 0 Å². The average Bonchev–Trinajstić information content (AvgIpc) is 2.37. The summed E-state index contributed by atoms with van der Waals surface area (Å²) >= 11 is 6.03. The van der Waals surface area contributed by atoms with E-state index >= 15 is 0 Å². The van der Waals surface area contributed by atoms with Crippen LogP contribution in [0.25, 0.3) is 0 Å². The average molecular weight is 273 g/mol. The molecule has 0 fully saturated rings. The van der Waals surface area contributed by atoms with E-state index in [1.165, 1.54) is 12.1 Å². The van der Waals surface area contributed by atoms with Crippen molar-refractivity contribution in [3.05, 3.63) is 34.6 Å². The molecule has 0 spiro atoms. The Labute approximate surface area is 114 Å². The zero-order valence-electron chi connectivity index (χ0n) is 11.0. The summed E-state index contributed by atoms with van der Waals surface area (Å²) in [4.78, 5) is 0. The quantitative estimate of drug-likeness (QED) is 0.587. The maximum atomic E-state index is 13.0. The van der Waals surface area contributed by atoms with Gasteiger partial charge in [-0.2, -0.15) is 0 Å². The van der Waals surface area contributed by atoms with E-state index in [0.717, 1.165) is 31.2 Å². The van der Waals surface area contributed by atoms with E-state index in [0.29, 0.717) is 10.9 Å². The zero-order chi connectivity index (χ0) is 13.5. The number of halogens is 2. The molecule has 0 aromatic heterocycles. The third-order valence-corrected chi connectivity index (χ3v) is 3.84. The summed E-state index contributed by atoms with van der Waals surface area (Å²) in [6.07, 6.45) is 4.03. The zero-order valence-corrected chi connectivity index (χ0v) is 11.8. The molecule has 0 radical (unpaired) electrons. The predicted molar refractivity (Wildman–Crippen MR) is 74.9 cm³/mol. The number of hydrogen-bond acceptors (Lipinski definition) is 2. The fourth-order valence-electron chi connectivity index (χ4n) is 2.19. The highest BCUT2D eigenvalue weighted by molar-refractivity contribution is 6.31. The molecular weight excluding hydrogens is 251 g/mol. The van der Waals surface area contributed by atoms with Gasteiger partial charge in [-0.3, -0.25) is 11.3 Å². The molecule has 3 N–H and O–H groups in total. The van der Waals surface area contributed by atoms with E-state index in [-0.39, 0.29) is 11.9 Å². The molecule has 1 aromatic rings. The second kappa shape index (κ2) is 7.72. The lowest BCUT2D eigenvalue weighted by atomic mass is 9.92. The van der Waals surface area contributed by atoms with Crippen molar-refractivity contribution in [2.24, 2.45) is 11.8 Å². The lowest BCUT2D eigenvalue weighted by Gasteiger charge is -2.21. The van der Waals surface area contributed by atoms with Crippen LogP contribution in [0.1, 0.15) is 38.7 Å². The SMILES string of the molecule is CCC(CC)CC(Cc1ccc(F)cc1Cl)NN. The Kier molecular flexibility index (Phi) is 6.61. The fourth-order valence-corrected chi connectivity index (χ4v) is 2.43. The summed E-state index contributed by atoms with van der Waals surface area (Å²) in [5, 5.41) is 0.472. The van der Waals surface area contributed by atoms with Crippen molar-refractivity contribution >= 4 is 11.6 Å². The molecule has 18 heavy (non-hydrogen) atoms. The van der Waals surface area contributed by atoms with Gasteiger partial charge in [-0.25, -0.2) is 4.39 Å². The normalized spacial score (nSPS) is 13.0. The number of hydrazine groups is 1. The van der Waals surface area contributed by atoms with Crippen LogP contribution in [0.15, 0.2) is 18.2 Å². The largest absolute Gasteiger partial charge is 0.271 e. The van der Waals surface area contributed by atoms with Gasteiger partial charge in [0.1, 0.15) is 5.82 Å². The van der Waals surface area contributed by atoms with Crippen LogP contribution in [0.3, 0.4) is 0 Å².